The van der Waals surface area contributed by atoms with Gasteiger partial charge >= 0.3 is 5.97 Å². The minimum atomic E-state index is -1.06. The van der Waals surface area contributed by atoms with Crippen LogP contribution < -0.4 is 0 Å². The van der Waals surface area contributed by atoms with Crippen LogP contribution >= 0.6 is 0 Å². The molecule has 2 fully saturated rings. The molecule has 114 valence electrons. The van der Waals surface area contributed by atoms with Gasteiger partial charge in [0, 0.05) is 6.54 Å². The Labute approximate surface area is 120 Å². The zero-order valence-corrected chi connectivity index (χ0v) is 12.4. The zero-order chi connectivity index (χ0) is 14.8. The van der Waals surface area contributed by atoms with Crippen molar-refractivity contribution < 1.29 is 19.4 Å². The van der Waals surface area contributed by atoms with E-state index in [1.165, 1.54) is 11.3 Å². The number of carboxylic acid groups (broad SMARTS) is 1. The van der Waals surface area contributed by atoms with Crippen molar-refractivity contribution in [3.63, 3.8) is 0 Å². The normalized spacial score (nSPS) is 34.2. The second-order valence-electron chi connectivity index (χ2n) is 6.34. The third kappa shape index (κ3) is 2.97. The van der Waals surface area contributed by atoms with Crippen LogP contribution in [0.25, 0.3) is 0 Å². The highest BCUT2D eigenvalue weighted by Gasteiger charge is 2.45. The summed E-state index contributed by atoms with van der Waals surface area (Å²) in [5.41, 5.74) is -1.06. The molecule has 1 saturated carbocycles. The predicted octanol–water partition coefficient (Wildman–Crippen LogP) is 2.05. The molecule has 0 aromatic heterocycles. The van der Waals surface area contributed by atoms with Gasteiger partial charge in [0.25, 0.3) is 0 Å². The van der Waals surface area contributed by atoms with Crippen LogP contribution in [0.1, 0.15) is 52.4 Å². The Morgan fingerprint density at radius 2 is 2.00 bits per heavy atom. The van der Waals surface area contributed by atoms with Crippen LogP contribution in [0.3, 0.4) is 0 Å². The Bertz CT molecular complexity index is 384. The molecule has 0 aromatic carbocycles. The molecule has 20 heavy (non-hydrogen) atoms. The smallest absolute Gasteiger partial charge is 0.329 e. The van der Waals surface area contributed by atoms with Gasteiger partial charge in [-0.1, -0.05) is 19.8 Å². The van der Waals surface area contributed by atoms with Crippen LogP contribution in [0.4, 0.5) is 0 Å². The summed E-state index contributed by atoms with van der Waals surface area (Å²) < 4.78 is 5.76. The van der Waals surface area contributed by atoms with E-state index < -0.39 is 11.5 Å². The second-order valence-corrected chi connectivity index (χ2v) is 6.34. The van der Waals surface area contributed by atoms with Crippen molar-refractivity contribution in [2.45, 2.75) is 64.0 Å². The average Bonchev–Trinajstić information content (AvgIpc) is 2.81. The van der Waals surface area contributed by atoms with Crippen molar-refractivity contribution in [1.29, 1.82) is 0 Å². The van der Waals surface area contributed by atoms with Gasteiger partial charge in [-0.3, -0.25) is 4.79 Å². The van der Waals surface area contributed by atoms with Gasteiger partial charge in [0.2, 0.25) is 5.91 Å². The van der Waals surface area contributed by atoms with Gasteiger partial charge in [0.1, 0.15) is 12.1 Å². The Hall–Kier alpha value is -1.10. The van der Waals surface area contributed by atoms with Crippen LogP contribution in [-0.4, -0.2) is 46.7 Å². The number of carbonyl (C=O) groups excluding carboxylic acids is 1. The van der Waals surface area contributed by atoms with Crippen molar-refractivity contribution in [3.8, 4) is 0 Å². The largest absolute Gasteiger partial charge is 0.480 e. The fourth-order valence-corrected chi connectivity index (χ4v) is 3.37. The summed E-state index contributed by atoms with van der Waals surface area (Å²) in [4.78, 5) is 25.1. The van der Waals surface area contributed by atoms with E-state index in [4.69, 9.17) is 4.74 Å². The molecule has 2 aliphatic rings. The molecule has 1 aliphatic heterocycles. The molecule has 0 bridgehead atoms. The molecule has 1 heterocycles. The van der Waals surface area contributed by atoms with Crippen LogP contribution in [-0.2, 0) is 14.3 Å². The van der Waals surface area contributed by atoms with Gasteiger partial charge in [0.05, 0.1) is 6.10 Å². The molecular weight excluding hydrogens is 258 g/mol. The topological polar surface area (TPSA) is 66.8 Å². The van der Waals surface area contributed by atoms with Gasteiger partial charge in [-0.25, -0.2) is 4.79 Å². The molecule has 1 saturated heterocycles. The molecule has 5 nitrogen and oxygen atoms in total. The predicted molar refractivity (Wildman–Crippen MR) is 74.4 cm³/mol. The van der Waals surface area contributed by atoms with Crippen LogP contribution in [0.15, 0.2) is 0 Å². The average molecular weight is 283 g/mol. The van der Waals surface area contributed by atoms with E-state index in [0.29, 0.717) is 18.9 Å². The summed E-state index contributed by atoms with van der Waals surface area (Å²) in [6, 6.07) is 0. The fraction of sp³-hybridized carbons (Fsp3) is 0.867. The van der Waals surface area contributed by atoms with Crippen LogP contribution in [0, 0.1) is 5.92 Å². The fourth-order valence-electron chi connectivity index (χ4n) is 3.37. The molecule has 0 spiro atoms. The Morgan fingerprint density at radius 1 is 1.30 bits per heavy atom. The van der Waals surface area contributed by atoms with E-state index in [-0.39, 0.29) is 18.6 Å². The lowest BCUT2D eigenvalue weighted by Crippen LogP contribution is -2.52. The lowest BCUT2D eigenvalue weighted by atomic mass is 9.88. The SMILES string of the molecule is CC1CCCCC1OCC(=O)N1CCCC1(C)C(=O)O. The summed E-state index contributed by atoms with van der Waals surface area (Å²) in [6.45, 7) is 4.32. The molecule has 1 amide bonds. The lowest BCUT2D eigenvalue weighted by molar-refractivity contribution is -0.158. The number of amides is 1. The highest BCUT2D eigenvalue weighted by atomic mass is 16.5. The lowest BCUT2D eigenvalue weighted by Gasteiger charge is -2.33. The summed E-state index contributed by atoms with van der Waals surface area (Å²) in [5.74, 6) is -0.624. The highest BCUT2D eigenvalue weighted by molar-refractivity contribution is 5.88. The number of aliphatic carboxylic acids is 1. The Kier molecular flexibility index (Phi) is 4.68. The van der Waals surface area contributed by atoms with E-state index >= 15 is 0 Å². The number of likely N-dealkylation sites (tertiary alicyclic amines) is 1. The highest BCUT2D eigenvalue weighted by Crippen LogP contribution is 2.30. The zero-order valence-electron chi connectivity index (χ0n) is 12.4. The van der Waals surface area contributed by atoms with Gasteiger partial charge < -0.3 is 14.7 Å². The monoisotopic (exact) mass is 283 g/mol. The van der Waals surface area contributed by atoms with E-state index in [1.807, 2.05) is 0 Å². The van der Waals surface area contributed by atoms with Crippen molar-refractivity contribution in [2.24, 2.45) is 5.92 Å². The third-order valence-corrected chi connectivity index (χ3v) is 4.86. The second kappa shape index (κ2) is 6.12. The van der Waals surface area contributed by atoms with E-state index in [2.05, 4.69) is 6.92 Å². The van der Waals surface area contributed by atoms with Gasteiger partial charge in [-0.2, -0.15) is 0 Å². The standard InChI is InChI=1S/C15H25NO4/c1-11-6-3-4-7-12(11)20-10-13(17)16-9-5-8-15(16,2)14(18)19/h11-12H,3-10H2,1-2H3,(H,18,19). The summed E-state index contributed by atoms with van der Waals surface area (Å²) >= 11 is 0. The quantitative estimate of drug-likeness (QED) is 0.857. The number of ether oxygens (including phenoxy) is 1. The first-order valence-corrected chi connectivity index (χ1v) is 7.60. The Balaban J connectivity index is 1.90. The third-order valence-electron chi connectivity index (χ3n) is 4.86. The number of carboxylic acids is 1. The molecule has 2 rings (SSSR count). The number of rotatable bonds is 4. The van der Waals surface area contributed by atoms with Crippen molar-refractivity contribution in [3.05, 3.63) is 0 Å². The molecule has 1 N–H and O–H groups in total. The summed E-state index contributed by atoms with van der Waals surface area (Å²) in [6.07, 6.45) is 5.95. The first kappa shape index (κ1) is 15.3. The summed E-state index contributed by atoms with van der Waals surface area (Å²) in [5, 5.41) is 9.32. The van der Waals surface area contributed by atoms with E-state index in [0.717, 1.165) is 25.7 Å². The maximum Gasteiger partial charge on any atom is 0.329 e. The van der Waals surface area contributed by atoms with Gasteiger partial charge in [0.15, 0.2) is 0 Å². The molecular formula is C15H25NO4. The summed E-state index contributed by atoms with van der Waals surface area (Å²) in [7, 11) is 0. The van der Waals surface area contributed by atoms with Crippen molar-refractivity contribution in [2.75, 3.05) is 13.2 Å². The molecule has 3 unspecified atom stereocenters. The van der Waals surface area contributed by atoms with Gasteiger partial charge in [-0.15, -0.1) is 0 Å². The van der Waals surface area contributed by atoms with Gasteiger partial charge in [-0.05, 0) is 38.5 Å². The van der Waals surface area contributed by atoms with Crippen molar-refractivity contribution >= 4 is 11.9 Å². The number of hydrogen-bond donors (Lipinski definition) is 1. The number of carbonyl (C=O) groups is 2. The first-order chi connectivity index (χ1) is 9.45. The van der Waals surface area contributed by atoms with E-state index in [9.17, 15) is 14.7 Å². The van der Waals surface area contributed by atoms with Crippen LogP contribution in [0.2, 0.25) is 0 Å². The maximum atomic E-state index is 12.3. The minimum Gasteiger partial charge on any atom is -0.480 e. The van der Waals surface area contributed by atoms with E-state index in [1.54, 1.807) is 6.92 Å². The number of nitrogens with zero attached hydrogens (tertiary/aromatic N) is 1. The molecule has 1 aliphatic carbocycles. The molecule has 0 aromatic rings. The van der Waals surface area contributed by atoms with Crippen molar-refractivity contribution in [1.82, 2.24) is 4.90 Å². The number of hydrogen-bond acceptors (Lipinski definition) is 3. The molecule has 5 heteroatoms. The van der Waals surface area contributed by atoms with Crippen LogP contribution in [0.5, 0.6) is 0 Å². The molecule has 0 radical (unpaired) electrons. The Morgan fingerprint density at radius 3 is 2.65 bits per heavy atom. The maximum absolute atomic E-state index is 12.3. The minimum absolute atomic E-state index is 0.0118. The molecule has 3 atom stereocenters. The first-order valence-electron chi connectivity index (χ1n) is 7.60.